The fourth-order valence-electron chi connectivity index (χ4n) is 1.55. The molecule has 102 valence electrons. The molecular weight excluding hydrogens is 257 g/mol. The maximum atomic E-state index is 12.8. The minimum Gasteiger partial charge on any atom is -0.497 e. The highest BCUT2D eigenvalue weighted by Gasteiger charge is 2.35. The standard InChI is InChI=1S/C11H12F5NO/c1-18-6-2-3-7(9(17)5-10(12)13)8(4-6)11(14,15)16/h2-4,9-10H,5,17H2,1H3/t9-/m0/s1. The minimum absolute atomic E-state index is 0.00433. The number of halogens is 5. The van der Waals surface area contributed by atoms with Gasteiger partial charge in [-0.25, -0.2) is 8.78 Å². The lowest BCUT2D eigenvalue weighted by Gasteiger charge is -2.18. The molecule has 1 aromatic carbocycles. The average Bonchev–Trinajstić information content (AvgIpc) is 2.26. The van der Waals surface area contributed by atoms with E-state index in [9.17, 15) is 22.0 Å². The number of alkyl halides is 5. The van der Waals surface area contributed by atoms with Crippen LogP contribution in [-0.2, 0) is 6.18 Å². The zero-order valence-corrected chi connectivity index (χ0v) is 9.47. The molecule has 0 aliphatic heterocycles. The highest BCUT2D eigenvalue weighted by atomic mass is 19.4. The van der Waals surface area contributed by atoms with Gasteiger partial charge in [0.15, 0.2) is 0 Å². The van der Waals surface area contributed by atoms with Gasteiger partial charge in [-0.15, -0.1) is 0 Å². The molecule has 1 aromatic rings. The Bertz CT molecular complexity index is 405. The number of ether oxygens (including phenoxy) is 1. The zero-order valence-electron chi connectivity index (χ0n) is 9.47. The summed E-state index contributed by atoms with van der Waals surface area (Å²) in [5.41, 5.74) is 3.96. The second-order valence-corrected chi connectivity index (χ2v) is 3.68. The zero-order chi connectivity index (χ0) is 13.9. The largest absolute Gasteiger partial charge is 0.497 e. The Hall–Kier alpha value is -1.37. The van der Waals surface area contributed by atoms with Crippen LogP contribution in [0.15, 0.2) is 18.2 Å². The van der Waals surface area contributed by atoms with Crippen LogP contribution in [0.2, 0.25) is 0 Å². The highest BCUT2D eigenvalue weighted by molar-refractivity contribution is 5.39. The van der Waals surface area contributed by atoms with Gasteiger partial charge >= 0.3 is 6.18 Å². The van der Waals surface area contributed by atoms with Crippen molar-refractivity contribution >= 4 is 0 Å². The van der Waals surface area contributed by atoms with Gasteiger partial charge in [-0.1, -0.05) is 6.07 Å². The molecule has 2 N–H and O–H groups in total. The molecule has 0 heterocycles. The molecule has 0 fully saturated rings. The van der Waals surface area contributed by atoms with E-state index in [1.165, 1.54) is 13.2 Å². The molecule has 0 bridgehead atoms. The van der Waals surface area contributed by atoms with Crippen LogP contribution in [0.3, 0.4) is 0 Å². The first-order chi connectivity index (χ1) is 8.25. The fraction of sp³-hybridized carbons (Fsp3) is 0.455. The van der Waals surface area contributed by atoms with Crippen molar-refractivity contribution in [1.82, 2.24) is 0 Å². The summed E-state index contributed by atoms with van der Waals surface area (Å²) in [5.74, 6) is -0.00433. The first-order valence-electron chi connectivity index (χ1n) is 5.04. The average molecular weight is 269 g/mol. The van der Waals surface area contributed by atoms with Gasteiger partial charge in [0, 0.05) is 12.5 Å². The van der Waals surface area contributed by atoms with Crippen LogP contribution in [-0.4, -0.2) is 13.5 Å². The molecular formula is C11H12F5NO. The van der Waals surface area contributed by atoms with E-state index in [2.05, 4.69) is 4.74 Å². The van der Waals surface area contributed by atoms with Crippen molar-refractivity contribution in [3.8, 4) is 5.75 Å². The van der Waals surface area contributed by atoms with E-state index in [0.717, 1.165) is 12.1 Å². The smallest absolute Gasteiger partial charge is 0.416 e. The summed E-state index contributed by atoms with van der Waals surface area (Å²) in [7, 11) is 1.22. The molecule has 0 unspecified atom stereocenters. The predicted molar refractivity (Wildman–Crippen MR) is 55.5 cm³/mol. The van der Waals surface area contributed by atoms with Crippen molar-refractivity contribution in [3.63, 3.8) is 0 Å². The monoisotopic (exact) mass is 269 g/mol. The van der Waals surface area contributed by atoms with Crippen LogP contribution in [0, 0.1) is 0 Å². The Kier molecular flexibility index (Phi) is 4.50. The van der Waals surface area contributed by atoms with Crippen molar-refractivity contribution in [2.24, 2.45) is 5.73 Å². The number of benzene rings is 1. The van der Waals surface area contributed by atoms with Crippen molar-refractivity contribution in [2.45, 2.75) is 25.1 Å². The molecule has 1 rings (SSSR count). The third-order valence-electron chi connectivity index (χ3n) is 2.40. The Morgan fingerprint density at radius 2 is 1.89 bits per heavy atom. The second-order valence-electron chi connectivity index (χ2n) is 3.68. The molecule has 7 heteroatoms. The van der Waals surface area contributed by atoms with Crippen LogP contribution in [0.1, 0.15) is 23.6 Å². The molecule has 0 saturated carbocycles. The predicted octanol–water partition coefficient (Wildman–Crippen LogP) is 3.37. The Morgan fingerprint density at radius 3 is 2.33 bits per heavy atom. The maximum absolute atomic E-state index is 12.8. The molecule has 0 aliphatic carbocycles. The number of hydrogen-bond acceptors (Lipinski definition) is 2. The third kappa shape index (κ3) is 3.56. The molecule has 1 atom stereocenters. The van der Waals surface area contributed by atoms with E-state index in [4.69, 9.17) is 5.73 Å². The van der Waals surface area contributed by atoms with Crippen molar-refractivity contribution in [1.29, 1.82) is 0 Å². The van der Waals surface area contributed by atoms with Crippen LogP contribution in [0.5, 0.6) is 5.75 Å². The molecule has 0 saturated heterocycles. The lowest BCUT2D eigenvalue weighted by atomic mass is 9.98. The summed E-state index contributed by atoms with van der Waals surface area (Å²) >= 11 is 0. The number of rotatable bonds is 4. The summed E-state index contributed by atoms with van der Waals surface area (Å²) in [6.45, 7) is 0. The summed E-state index contributed by atoms with van der Waals surface area (Å²) in [5, 5.41) is 0. The maximum Gasteiger partial charge on any atom is 0.416 e. The molecule has 0 aliphatic rings. The summed E-state index contributed by atoms with van der Waals surface area (Å²) in [6.07, 6.45) is -8.25. The van der Waals surface area contributed by atoms with Crippen LogP contribution >= 0.6 is 0 Å². The summed E-state index contributed by atoms with van der Waals surface area (Å²) in [4.78, 5) is 0. The molecule has 0 radical (unpaired) electrons. The van der Waals surface area contributed by atoms with Gasteiger partial charge in [0.25, 0.3) is 0 Å². The minimum atomic E-state index is -4.66. The topological polar surface area (TPSA) is 35.2 Å². The van der Waals surface area contributed by atoms with E-state index >= 15 is 0 Å². The van der Waals surface area contributed by atoms with E-state index in [0.29, 0.717) is 0 Å². The lowest BCUT2D eigenvalue weighted by molar-refractivity contribution is -0.138. The van der Waals surface area contributed by atoms with Gasteiger partial charge in [0.2, 0.25) is 6.43 Å². The Balaban J connectivity index is 3.18. The molecule has 2 nitrogen and oxygen atoms in total. The SMILES string of the molecule is COc1ccc([C@@H](N)CC(F)F)c(C(F)(F)F)c1. The molecule has 18 heavy (non-hydrogen) atoms. The van der Waals surface area contributed by atoms with Crippen molar-refractivity contribution < 1.29 is 26.7 Å². The van der Waals surface area contributed by atoms with Crippen molar-refractivity contribution in [2.75, 3.05) is 7.11 Å². The van der Waals surface area contributed by atoms with E-state index in [1.54, 1.807) is 0 Å². The fourth-order valence-corrected chi connectivity index (χ4v) is 1.55. The van der Waals surface area contributed by atoms with Gasteiger partial charge in [0.05, 0.1) is 12.7 Å². The van der Waals surface area contributed by atoms with Gasteiger partial charge in [-0.2, -0.15) is 13.2 Å². The van der Waals surface area contributed by atoms with E-state index in [1.807, 2.05) is 0 Å². The third-order valence-corrected chi connectivity index (χ3v) is 2.40. The van der Waals surface area contributed by atoms with Crippen LogP contribution in [0.4, 0.5) is 22.0 Å². The lowest BCUT2D eigenvalue weighted by Crippen LogP contribution is -2.19. The van der Waals surface area contributed by atoms with E-state index in [-0.39, 0.29) is 11.3 Å². The second kappa shape index (κ2) is 5.51. The van der Waals surface area contributed by atoms with Crippen LogP contribution in [0.25, 0.3) is 0 Å². The quantitative estimate of drug-likeness (QED) is 0.850. The van der Waals surface area contributed by atoms with E-state index < -0.39 is 30.6 Å². The van der Waals surface area contributed by atoms with Gasteiger partial charge in [0.1, 0.15) is 5.75 Å². The van der Waals surface area contributed by atoms with Crippen molar-refractivity contribution in [3.05, 3.63) is 29.3 Å². The molecule has 0 spiro atoms. The van der Waals surface area contributed by atoms with Gasteiger partial charge in [-0.05, 0) is 17.7 Å². The number of nitrogens with two attached hydrogens (primary N) is 1. The normalized spacial score (nSPS) is 13.8. The Morgan fingerprint density at radius 1 is 1.28 bits per heavy atom. The Labute approximate surface area is 101 Å². The highest BCUT2D eigenvalue weighted by Crippen LogP contribution is 2.37. The van der Waals surface area contributed by atoms with Gasteiger partial charge in [-0.3, -0.25) is 0 Å². The van der Waals surface area contributed by atoms with Gasteiger partial charge < -0.3 is 10.5 Å². The molecule has 0 amide bonds. The first kappa shape index (κ1) is 14.7. The number of hydrogen-bond donors (Lipinski definition) is 1. The number of methoxy groups -OCH3 is 1. The first-order valence-corrected chi connectivity index (χ1v) is 5.04. The van der Waals surface area contributed by atoms with Crippen LogP contribution < -0.4 is 10.5 Å². The summed E-state index contributed by atoms with van der Waals surface area (Å²) < 4.78 is 67.3. The molecule has 0 aromatic heterocycles. The summed E-state index contributed by atoms with van der Waals surface area (Å²) in [6, 6.07) is 1.71.